The molecule has 1 atom stereocenters. The van der Waals surface area contributed by atoms with E-state index >= 15 is 0 Å². The summed E-state index contributed by atoms with van der Waals surface area (Å²) in [5.41, 5.74) is 0. The number of carbonyl (C=O) groups is 1. The van der Waals surface area contributed by atoms with Gasteiger partial charge >= 0.3 is 0 Å². The van der Waals surface area contributed by atoms with Crippen LogP contribution in [-0.2, 0) is 15.0 Å². The second-order valence-electron chi connectivity index (χ2n) is 4.57. The van der Waals surface area contributed by atoms with E-state index in [9.17, 15) is 13.2 Å². The minimum Gasteiger partial charge on any atom is -0.342 e. The molecule has 1 unspecified atom stereocenters. The molecule has 0 bridgehead atoms. The minimum absolute atomic E-state index is 0.107. The lowest BCUT2D eigenvalue weighted by Gasteiger charge is -2.32. The lowest BCUT2D eigenvalue weighted by molar-refractivity contribution is -0.132. The van der Waals surface area contributed by atoms with Gasteiger partial charge in [0.25, 0.3) is 10.2 Å². The number of hydrogen-bond donors (Lipinski definition) is 2. The van der Waals surface area contributed by atoms with E-state index in [0.717, 1.165) is 19.4 Å². The van der Waals surface area contributed by atoms with E-state index in [2.05, 4.69) is 11.3 Å². The molecule has 18 heavy (non-hydrogen) atoms. The Morgan fingerprint density at radius 3 is 2.89 bits per heavy atom. The lowest BCUT2D eigenvalue weighted by Crippen LogP contribution is -2.44. The van der Waals surface area contributed by atoms with E-state index in [1.54, 1.807) is 11.0 Å². The number of allylic oxidation sites excluding steroid dienone is 1. The molecule has 0 aromatic carbocycles. The van der Waals surface area contributed by atoms with Crippen molar-refractivity contribution in [1.82, 2.24) is 9.62 Å². The summed E-state index contributed by atoms with van der Waals surface area (Å²) >= 11 is 0. The standard InChI is InChI=1S/C11H21N3O3S/c1-2-3-6-11(15)14-7-4-5-10(9-14)8-13-18(12,16)17/h2,10,13H,1,3-9H2,(H2,12,16,17). The van der Waals surface area contributed by atoms with E-state index in [4.69, 9.17) is 5.14 Å². The van der Waals surface area contributed by atoms with Gasteiger partial charge in [-0.05, 0) is 25.2 Å². The fourth-order valence-corrected chi connectivity index (χ4v) is 2.54. The Bertz CT molecular complexity index is 394. The maximum atomic E-state index is 11.8. The molecule has 1 heterocycles. The van der Waals surface area contributed by atoms with Crippen LogP contribution >= 0.6 is 0 Å². The lowest BCUT2D eigenvalue weighted by atomic mass is 9.98. The van der Waals surface area contributed by atoms with Crippen LogP contribution in [0.5, 0.6) is 0 Å². The van der Waals surface area contributed by atoms with Crippen molar-refractivity contribution >= 4 is 16.1 Å². The quantitative estimate of drug-likeness (QED) is 0.667. The van der Waals surface area contributed by atoms with Crippen molar-refractivity contribution in [1.29, 1.82) is 0 Å². The van der Waals surface area contributed by atoms with Gasteiger partial charge in [0.15, 0.2) is 0 Å². The number of hydrogen-bond acceptors (Lipinski definition) is 3. The average Bonchev–Trinajstić information content (AvgIpc) is 2.33. The first-order valence-corrected chi connectivity index (χ1v) is 7.63. The fraction of sp³-hybridized carbons (Fsp3) is 0.727. The highest BCUT2D eigenvalue weighted by Crippen LogP contribution is 2.17. The summed E-state index contributed by atoms with van der Waals surface area (Å²) in [6, 6.07) is 0. The summed E-state index contributed by atoms with van der Waals surface area (Å²) in [7, 11) is -3.64. The normalized spacial score (nSPS) is 20.7. The molecule has 7 heteroatoms. The largest absolute Gasteiger partial charge is 0.342 e. The highest BCUT2D eigenvalue weighted by molar-refractivity contribution is 7.87. The van der Waals surface area contributed by atoms with Crippen LogP contribution in [0.1, 0.15) is 25.7 Å². The van der Waals surface area contributed by atoms with E-state index in [-0.39, 0.29) is 11.8 Å². The van der Waals surface area contributed by atoms with Gasteiger partial charge in [-0.3, -0.25) is 4.79 Å². The van der Waals surface area contributed by atoms with Crippen LogP contribution in [0.4, 0.5) is 0 Å². The van der Waals surface area contributed by atoms with Crippen LogP contribution in [0, 0.1) is 5.92 Å². The molecule has 1 fully saturated rings. The Hall–Kier alpha value is -0.920. The van der Waals surface area contributed by atoms with E-state index < -0.39 is 10.2 Å². The first kappa shape index (κ1) is 15.1. The maximum Gasteiger partial charge on any atom is 0.274 e. The topological polar surface area (TPSA) is 92.5 Å². The Labute approximate surface area is 108 Å². The van der Waals surface area contributed by atoms with Gasteiger partial charge in [0.2, 0.25) is 5.91 Å². The first-order chi connectivity index (χ1) is 8.42. The average molecular weight is 275 g/mol. The van der Waals surface area contributed by atoms with E-state index in [1.807, 2.05) is 0 Å². The molecule has 104 valence electrons. The van der Waals surface area contributed by atoms with Crippen LogP contribution in [0.2, 0.25) is 0 Å². The third-order valence-corrected chi connectivity index (χ3v) is 3.58. The molecule has 1 aliphatic rings. The van der Waals surface area contributed by atoms with Gasteiger partial charge in [-0.25, -0.2) is 9.86 Å². The Balaban J connectivity index is 2.40. The van der Waals surface area contributed by atoms with Crippen molar-refractivity contribution in [2.24, 2.45) is 11.1 Å². The molecule has 0 aromatic rings. The van der Waals surface area contributed by atoms with Crippen LogP contribution in [0.3, 0.4) is 0 Å². The van der Waals surface area contributed by atoms with Crippen molar-refractivity contribution < 1.29 is 13.2 Å². The van der Waals surface area contributed by atoms with Crippen molar-refractivity contribution in [2.45, 2.75) is 25.7 Å². The second kappa shape index (κ2) is 6.86. The molecule has 0 aliphatic carbocycles. The summed E-state index contributed by atoms with van der Waals surface area (Å²) in [5.74, 6) is 0.250. The van der Waals surface area contributed by atoms with Crippen molar-refractivity contribution in [2.75, 3.05) is 19.6 Å². The van der Waals surface area contributed by atoms with Crippen LogP contribution in [0.25, 0.3) is 0 Å². The Kier molecular flexibility index (Phi) is 5.77. The van der Waals surface area contributed by atoms with Gasteiger partial charge in [-0.2, -0.15) is 8.42 Å². The summed E-state index contributed by atoms with van der Waals surface area (Å²) < 4.78 is 23.9. The van der Waals surface area contributed by atoms with Gasteiger partial charge in [0.05, 0.1) is 0 Å². The number of piperidine rings is 1. The zero-order valence-electron chi connectivity index (χ0n) is 10.5. The maximum absolute atomic E-state index is 11.8. The van der Waals surface area contributed by atoms with Gasteiger partial charge in [0, 0.05) is 26.1 Å². The predicted octanol–water partition coefficient (Wildman–Crippen LogP) is -0.0157. The number of nitrogens with two attached hydrogens (primary N) is 1. The second-order valence-corrected chi connectivity index (χ2v) is 5.95. The number of nitrogens with one attached hydrogen (secondary N) is 1. The van der Waals surface area contributed by atoms with E-state index in [0.29, 0.717) is 25.9 Å². The highest BCUT2D eigenvalue weighted by Gasteiger charge is 2.23. The molecule has 1 aliphatic heterocycles. The summed E-state index contributed by atoms with van der Waals surface area (Å²) in [6.45, 7) is 5.23. The predicted molar refractivity (Wildman–Crippen MR) is 69.8 cm³/mol. The SMILES string of the molecule is C=CCCC(=O)N1CCCC(CNS(N)(=O)=O)C1. The van der Waals surface area contributed by atoms with Crippen LogP contribution < -0.4 is 9.86 Å². The van der Waals surface area contributed by atoms with Gasteiger partial charge in [-0.1, -0.05) is 6.08 Å². The molecule has 1 amide bonds. The molecule has 0 saturated carbocycles. The monoisotopic (exact) mass is 275 g/mol. The molecule has 0 aromatic heterocycles. The number of carbonyl (C=O) groups excluding carboxylic acids is 1. The molecule has 6 nitrogen and oxygen atoms in total. The van der Waals surface area contributed by atoms with E-state index in [1.165, 1.54) is 0 Å². The fourth-order valence-electron chi connectivity index (χ4n) is 2.08. The third-order valence-electron chi connectivity index (χ3n) is 3.01. The van der Waals surface area contributed by atoms with Crippen molar-refractivity contribution in [3.05, 3.63) is 12.7 Å². The summed E-state index contributed by atoms with van der Waals surface area (Å²) in [6.07, 6.45) is 4.68. The van der Waals surface area contributed by atoms with Gasteiger partial charge < -0.3 is 4.90 Å². The molecule has 0 spiro atoms. The molecule has 1 saturated heterocycles. The molecule has 0 radical (unpaired) electrons. The van der Waals surface area contributed by atoms with Crippen LogP contribution in [0.15, 0.2) is 12.7 Å². The van der Waals surface area contributed by atoms with Crippen LogP contribution in [-0.4, -0.2) is 38.9 Å². The first-order valence-electron chi connectivity index (χ1n) is 6.08. The zero-order valence-corrected chi connectivity index (χ0v) is 11.3. The Morgan fingerprint density at radius 2 is 2.28 bits per heavy atom. The van der Waals surface area contributed by atoms with Gasteiger partial charge in [0.1, 0.15) is 0 Å². The molecule has 1 rings (SSSR count). The number of nitrogens with zero attached hydrogens (tertiary/aromatic N) is 1. The third kappa shape index (κ3) is 5.61. The molecular weight excluding hydrogens is 254 g/mol. The Morgan fingerprint density at radius 1 is 1.56 bits per heavy atom. The summed E-state index contributed by atoms with van der Waals surface area (Å²) in [5, 5.41) is 4.88. The van der Waals surface area contributed by atoms with Gasteiger partial charge in [-0.15, -0.1) is 6.58 Å². The van der Waals surface area contributed by atoms with Crippen molar-refractivity contribution in [3.63, 3.8) is 0 Å². The minimum atomic E-state index is -3.64. The number of rotatable bonds is 6. The van der Waals surface area contributed by atoms with Crippen molar-refractivity contribution in [3.8, 4) is 0 Å². The zero-order chi connectivity index (χ0) is 13.6. The number of amides is 1. The smallest absolute Gasteiger partial charge is 0.274 e. The number of likely N-dealkylation sites (tertiary alicyclic amines) is 1. The molecule has 3 N–H and O–H groups in total. The highest BCUT2D eigenvalue weighted by atomic mass is 32.2. The molecular formula is C11H21N3O3S. The summed E-state index contributed by atoms with van der Waals surface area (Å²) in [4.78, 5) is 13.6.